The van der Waals surface area contributed by atoms with E-state index in [0.29, 0.717) is 12.6 Å². The van der Waals surface area contributed by atoms with Crippen LogP contribution in [-0.4, -0.2) is 35.7 Å². The summed E-state index contributed by atoms with van der Waals surface area (Å²) < 4.78 is 0. The number of piperidine rings is 1. The zero-order chi connectivity index (χ0) is 15.1. The minimum Gasteiger partial charge on any atom is -0.360 e. The molecule has 1 saturated heterocycles. The third-order valence-electron chi connectivity index (χ3n) is 3.65. The lowest BCUT2D eigenvalue weighted by Gasteiger charge is -2.33. The number of nitrogens with zero attached hydrogens (tertiary/aromatic N) is 1. The molecule has 0 amide bonds. The fourth-order valence-electron chi connectivity index (χ4n) is 2.48. The molecular weight excluding hydrogens is 302 g/mol. The predicted octanol–water partition coefficient (Wildman–Crippen LogP) is 2.95. The van der Waals surface area contributed by atoms with Crippen LogP contribution in [0, 0.1) is 0 Å². The maximum Gasteiger partial charge on any atom is 0.166 e. The predicted molar refractivity (Wildman–Crippen MR) is 93.7 cm³/mol. The van der Waals surface area contributed by atoms with Crippen LogP contribution in [0.4, 0.5) is 0 Å². The Morgan fingerprint density at radius 1 is 1.33 bits per heavy atom. The first-order chi connectivity index (χ1) is 10.2. The molecule has 1 heterocycles. The summed E-state index contributed by atoms with van der Waals surface area (Å²) in [6.45, 7) is 7.54. The van der Waals surface area contributed by atoms with E-state index in [1.54, 1.807) is 0 Å². The lowest BCUT2D eigenvalue weighted by molar-refractivity contribution is 0.199. The molecule has 0 atom stereocenters. The summed E-state index contributed by atoms with van der Waals surface area (Å²) in [6, 6.07) is 8.57. The van der Waals surface area contributed by atoms with Crippen LogP contribution >= 0.6 is 23.8 Å². The summed E-state index contributed by atoms with van der Waals surface area (Å²) in [5, 5.41) is 8.01. The lowest BCUT2D eigenvalue weighted by Crippen LogP contribution is -2.47. The van der Waals surface area contributed by atoms with E-state index in [1.807, 2.05) is 18.2 Å². The molecule has 2 rings (SSSR count). The van der Waals surface area contributed by atoms with E-state index < -0.39 is 0 Å². The van der Waals surface area contributed by atoms with Gasteiger partial charge in [0.25, 0.3) is 0 Å². The second kappa shape index (κ2) is 8.37. The average molecular weight is 324 g/mol. The van der Waals surface area contributed by atoms with Gasteiger partial charge in [-0.2, -0.15) is 0 Å². The first-order valence-corrected chi connectivity index (χ1v) is 8.08. The molecule has 1 aromatic rings. The van der Waals surface area contributed by atoms with Crippen LogP contribution in [0.5, 0.6) is 0 Å². The van der Waals surface area contributed by atoms with Crippen molar-refractivity contribution in [2.24, 2.45) is 0 Å². The molecule has 0 radical (unpaired) electrons. The van der Waals surface area contributed by atoms with Crippen molar-refractivity contribution in [2.75, 3.05) is 19.6 Å². The van der Waals surface area contributed by atoms with E-state index in [9.17, 15) is 0 Å². The normalized spacial score (nSPS) is 16.4. The maximum atomic E-state index is 5.91. The van der Waals surface area contributed by atoms with Gasteiger partial charge in [-0.05, 0) is 42.8 Å². The standard InChI is InChI=1S/C16H22ClN3S/c1-2-9-18-16(21)19-15-7-10-20(11-8-15)12-13-3-5-14(17)6-4-13/h2-6,15H,1,7-12H2,(H2,18,19,21). The van der Waals surface area contributed by atoms with Crippen molar-refractivity contribution >= 4 is 28.9 Å². The van der Waals surface area contributed by atoms with E-state index >= 15 is 0 Å². The first-order valence-electron chi connectivity index (χ1n) is 7.29. The molecule has 21 heavy (non-hydrogen) atoms. The molecule has 2 N–H and O–H groups in total. The summed E-state index contributed by atoms with van der Waals surface area (Å²) in [5.41, 5.74) is 1.31. The van der Waals surface area contributed by atoms with Gasteiger partial charge in [0.15, 0.2) is 5.11 Å². The topological polar surface area (TPSA) is 27.3 Å². The van der Waals surface area contributed by atoms with Gasteiger partial charge in [0.05, 0.1) is 0 Å². The molecule has 0 unspecified atom stereocenters. The number of likely N-dealkylation sites (tertiary alicyclic amines) is 1. The molecule has 0 spiro atoms. The molecule has 114 valence electrons. The number of rotatable bonds is 5. The smallest absolute Gasteiger partial charge is 0.166 e. The van der Waals surface area contributed by atoms with Gasteiger partial charge in [0, 0.05) is 37.2 Å². The van der Waals surface area contributed by atoms with E-state index in [1.165, 1.54) is 5.56 Å². The van der Waals surface area contributed by atoms with Crippen molar-refractivity contribution in [1.82, 2.24) is 15.5 Å². The van der Waals surface area contributed by atoms with Crippen molar-refractivity contribution < 1.29 is 0 Å². The minimum absolute atomic E-state index is 0.469. The quantitative estimate of drug-likeness (QED) is 0.643. The van der Waals surface area contributed by atoms with Gasteiger partial charge in [0.1, 0.15) is 0 Å². The van der Waals surface area contributed by atoms with Gasteiger partial charge in [-0.15, -0.1) is 6.58 Å². The third-order valence-corrected chi connectivity index (χ3v) is 4.16. The molecule has 0 aliphatic carbocycles. The van der Waals surface area contributed by atoms with Crippen molar-refractivity contribution in [2.45, 2.75) is 25.4 Å². The monoisotopic (exact) mass is 323 g/mol. The van der Waals surface area contributed by atoms with Crippen LogP contribution in [0.1, 0.15) is 18.4 Å². The largest absolute Gasteiger partial charge is 0.360 e. The van der Waals surface area contributed by atoms with Gasteiger partial charge >= 0.3 is 0 Å². The highest BCUT2D eigenvalue weighted by Crippen LogP contribution is 2.15. The Bertz CT molecular complexity index is 467. The Hall–Kier alpha value is -1.10. The van der Waals surface area contributed by atoms with Crippen molar-refractivity contribution in [3.05, 3.63) is 47.5 Å². The highest BCUT2D eigenvalue weighted by atomic mass is 35.5. The first kappa shape index (κ1) is 16.3. The van der Waals surface area contributed by atoms with Crippen LogP contribution in [0.15, 0.2) is 36.9 Å². The van der Waals surface area contributed by atoms with E-state index in [2.05, 4.69) is 34.2 Å². The van der Waals surface area contributed by atoms with Crippen molar-refractivity contribution in [3.8, 4) is 0 Å². The van der Waals surface area contributed by atoms with Crippen LogP contribution < -0.4 is 10.6 Å². The van der Waals surface area contributed by atoms with Crippen LogP contribution in [-0.2, 0) is 6.54 Å². The Labute approximate surface area is 137 Å². The molecule has 0 bridgehead atoms. The van der Waals surface area contributed by atoms with Crippen LogP contribution in [0.2, 0.25) is 5.02 Å². The second-order valence-electron chi connectivity index (χ2n) is 5.32. The second-order valence-corrected chi connectivity index (χ2v) is 6.16. The third kappa shape index (κ3) is 5.65. The molecule has 3 nitrogen and oxygen atoms in total. The summed E-state index contributed by atoms with van der Waals surface area (Å²) in [6.07, 6.45) is 4.04. The Balaban J connectivity index is 1.71. The zero-order valence-corrected chi connectivity index (χ0v) is 13.7. The highest BCUT2D eigenvalue weighted by molar-refractivity contribution is 7.80. The van der Waals surface area contributed by atoms with Gasteiger partial charge in [-0.3, -0.25) is 4.90 Å². The number of hydrogen-bond acceptors (Lipinski definition) is 2. The zero-order valence-electron chi connectivity index (χ0n) is 12.1. The number of nitrogens with one attached hydrogen (secondary N) is 2. The Morgan fingerprint density at radius 2 is 2.00 bits per heavy atom. The fraction of sp³-hybridized carbons (Fsp3) is 0.438. The highest BCUT2D eigenvalue weighted by Gasteiger charge is 2.19. The van der Waals surface area contributed by atoms with Gasteiger partial charge in [-0.1, -0.05) is 29.8 Å². The molecule has 0 aromatic heterocycles. The summed E-state index contributed by atoms with van der Waals surface area (Å²) >= 11 is 11.2. The maximum absolute atomic E-state index is 5.91. The molecule has 1 aromatic carbocycles. The van der Waals surface area contributed by atoms with E-state index in [4.69, 9.17) is 23.8 Å². The summed E-state index contributed by atoms with van der Waals surface area (Å²) in [5.74, 6) is 0. The summed E-state index contributed by atoms with van der Waals surface area (Å²) in [7, 11) is 0. The minimum atomic E-state index is 0.469. The van der Waals surface area contributed by atoms with E-state index in [0.717, 1.165) is 42.6 Å². The number of benzene rings is 1. The Morgan fingerprint density at radius 3 is 2.62 bits per heavy atom. The number of thiocarbonyl (C=S) groups is 1. The fourth-order valence-corrected chi connectivity index (χ4v) is 2.86. The number of hydrogen-bond donors (Lipinski definition) is 2. The summed E-state index contributed by atoms with van der Waals surface area (Å²) in [4.78, 5) is 2.47. The molecule has 1 aliphatic heterocycles. The lowest BCUT2D eigenvalue weighted by atomic mass is 10.0. The average Bonchev–Trinajstić information content (AvgIpc) is 2.49. The van der Waals surface area contributed by atoms with Gasteiger partial charge in [-0.25, -0.2) is 0 Å². The van der Waals surface area contributed by atoms with E-state index in [-0.39, 0.29) is 0 Å². The molecule has 1 fully saturated rings. The number of halogens is 1. The van der Waals surface area contributed by atoms with Crippen LogP contribution in [0.3, 0.4) is 0 Å². The van der Waals surface area contributed by atoms with Crippen molar-refractivity contribution in [3.63, 3.8) is 0 Å². The van der Waals surface area contributed by atoms with Crippen molar-refractivity contribution in [1.29, 1.82) is 0 Å². The molecule has 5 heteroatoms. The molecule has 1 aliphatic rings. The Kier molecular flexibility index (Phi) is 6.49. The van der Waals surface area contributed by atoms with Crippen LogP contribution in [0.25, 0.3) is 0 Å². The molecule has 0 saturated carbocycles. The van der Waals surface area contributed by atoms with Gasteiger partial charge in [0.2, 0.25) is 0 Å². The molecular formula is C16H22ClN3S. The SMILES string of the molecule is C=CCNC(=S)NC1CCN(Cc2ccc(Cl)cc2)CC1. The van der Waals surface area contributed by atoms with Gasteiger partial charge < -0.3 is 10.6 Å².